The highest BCUT2D eigenvalue weighted by atomic mass is 16.5. The summed E-state index contributed by atoms with van der Waals surface area (Å²) < 4.78 is 10.6. The Morgan fingerprint density at radius 3 is 2.70 bits per heavy atom. The molecule has 0 spiro atoms. The van der Waals surface area contributed by atoms with Gasteiger partial charge < -0.3 is 25.1 Å². The smallest absolute Gasteiger partial charge is 0.338 e. The van der Waals surface area contributed by atoms with Gasteiger partial charge in [0.25, 0.3) is 0 Å². The molecule has 1 aliphatic rings. The minimum absolute atomic E-state index is 0.125. The van der Waals surface area contributed by atoms with Crippen molar-refractivity contribution in [1.29, 1.82) is 0 Å². The van der Waals surface area contributed by atoms with E-state index in [2.05, 4.69) is 16.0 Å². The summed E-state index contributed by atoms with van der Waals surface area (Å²) in [6.07, 6.45) is 1.47. The molecule has 3 N–H and O–H groups in total. The van der Waals surface area contributed by atoms with Gasteiger partial charge in [-0.15, -0.1) is 0 Å². The summed E-state index contributed by atoms with van der Waals surface area (Å²) in [5, 5.41) is 8.11. The molecular formula is C18H26N4O5. The van der Waals surface area contributed by atoms with Crippen molar-refractivity contribution < 1.29 is 23.5 Å². The van der Waals surface area contributed by atoms with Crippen LogP contribution in [0.4, 0.5) is 4.79 Å². The van der Waals surface area contributed by atoms with Gasteiger partial charge in [-0.2, -0.15) is 0 Å². The SMILES string of the molecule is CCNC(=O)CN(CC)CC1=C(C(=O)OCC)[C@H](c2ccco2)NC(=O)N1. The van der Waals surface area contributed by atoms with Crippen LogP contribution < -0.4 is 16.0 Å². The van der Waals surface area contributed by atoms with Gasteiger partial charge in [-0.1, -0.05) is 6.92 Å². The van der Waals surface area contributed by atoms with Crippen LogP contribution in [0.5, 0.6) is 0 Å². The van der Waals surface area contributed by atoms with Crippen LogP contribution in [0, 0.1) is 0 Å². The Morgan fingerprint density at radius 2 is 2.11 bits per heavy atom. The van der Waals surface area contributed by atoms with Crippen molar-refractivity contribution >= 4 is 17.9 Å². The molecule has 0 aromatic carbocycles. The van der Waals surface area contributed by atoms with Gasteiger partial charge in [0.1, 0.15) is 11.8 Å². The van der Waals surface area contributed by atoms with Gasteiger partial charge in [0.15, 0.2) is 0 Å². The van der Waals surface area contributed by atoms with Gasteiger partial charge in [0, 0.05) is 18.8 Å². The van der Waals surface area contributed by atoms with Crippen molar-refractivity contribution in [2.75, 3.05) is 32.8 Å². The molecule has 0 aliphatic carbocycles. The summed E-state index contributed by atoms with van der Waals surface area (Å²) in [7, 11) is 0. The topological polar surface area (TPSA) is 113 Å². The predicted molar refractivity (Wildman–Crippen MR) is 97.6 cm³/mol. The van der Waals surface area contributed by atoms with E-state index < -0.39 is 18.0 Å². The third-order valence-corrected chi connectivity index (χ3v) is 4.05. The Bertz CT molecular complexity index is 699. The van der Waals surface area contributed by atoms with Gasteiger partial charge in [0.2, 0.25) is 5.91 Å². The van der Waals surface area contributed by atoms with Crippen LogP contribution in [0.3, 0.4) is 0 Å². The maximum absolute atomic E-state index is 12.6. The van der Waals surface area contributed by atoms with Gasteiger partial charge >= 0.3 is 12.0 Å². The van der Waals surface area contributed by atoms with E-state index in [1.165, 1.54) is 6.26 Å². The van der Waals surface area contributed by atoms with Crippen LogP contribution in [0.1, 0.15) is 32.6 Å². The normalized spacial score (nSPS) is 16.7. The quantitative estimate of drug-likeness (QED) is 0.551. The summed E-state index contributed by atoms with van der Waals surface area (Å²) in [5.74, 6) is -0.242. The van der Waals surface area contributed by atoms with Gasteiger partial charge in [0.05, 0.1) is 25.0 Å². The molecular weight excluding hydrogens is 352 g/mol. The van der Waals surface area contributed by atoms with E-state index in [-0.39, 0.29) is 31.2 Å². The minimum Gasteiger partial charge on any atom is -0.467 e. The number of esters is 1. The molecule has 0 fully saturated rings. The van der Waals surface area contributed by atoms with Crippen molar-refractivity contribution in [1.82, 2.24) is 20.9 Å². The highest BCUT2D eigenvalue weighted by molar-refractivity contribution is 5.95. The summed E-state index contributed by atoms with van der Waals surface area (Å²) >= 11 is 0. The first-order valence-corrected chi connectivity index (χ1v) is 9.00. The van der Waals surface area contributed by atoms with Gasteiger partial charge in [-0.25, -0.2) is 9.59 Å². The number of carbonyl (C=O) groups excluding carboxylic acids is 3. The summed E-state index contributed by atoms with van der Waals surface area (Å²) in [6, 6.07) is 2.15. The molecule has 0 bridgehead atoms. The molecule has 1 aromatic heterocycles. The van der Waals surface area contributed by atoms with E-state index in [4.69, 9.17) is 9.15 Å². The molecule has 1 aromatic rings. The summed E-state index contributed by atoms with van der Waals surface area (Å²) in [5.41, 5.74) is 0.658. The van der Waals surface area contributed by atoms with E-state index in [0.717, 1.165) is 0 Å². The van der Waals surface area contributed by atoms with Crippen molar-refractivity contribution in [3.8, 4) is 0 Å². The molecule has 9 heteroatoms. The molecule has 0 saturated carbocycles. The maximum Gasteiger partial charge on any atom is 0.338 e. The predicted octanol–water partition coefficient (Wildman–Crippen LogP) is 0.909. The van der Waals surface area contributed by atoms with E-state index in [0.29, 0.717) is 24.5 Å². The number of nitrogens with zero attached hydrogens (tertiary/aromatic N) is 1. The molecule has 1 atom stereocenters. The number of rotatable bonds is 9. The number of amides is 3. The zero-order valence-corrected chi connectivity index (χ0v) is 15.8. The number of hydrogen-bond acceptors (Lipinski definition) is 6. The maximum atomic E-state index is 12.6. The van der Waals surface area contributed by atoms with Gasteiger partial charge in [-0.3, -0.25) is 9.69 Å². The molecule has 2 rings (SSSR count). The number of urea groups is 1. The average Bonchev–Trinajstić information content (AvgIpc) is 3.15. The van der Waals surface area contributed by atoms with Crippen molar-refractivity contribution in [3.05, 3.63) is 35.4 Å². The fraction of sp³-hybridized carbons (Fsp3) is 0.500. The lowest BCUT2D eigenvalue weighted by molar-refractivity contribution is -0.139. The van der Waals surface area contributed by atoms with Crippen molar-refractivity contribution in [2.24, 2.45) is 0 Å². The van der Waals surface area contributed by atoms with Crippen molar-refractivity contribution in [3.63, 3.8) is 0 Å². The lowest BCUT2D eigenvalue weighted by atomic mass is 10.00. The van der Waals surface area contributed by atoms with Crippen LogP contribution in [-0.4, -0.2) is 55.6 Å². The molecule has 3 amide bonds. The molecule has 0 radical (unpaired) electrons. The van der Waals surface area contributed by atoms with Crippen LogP contribution >= 0.6 is 0 Å². The van der Waals surface area contributed by atoms with Crippen LogP contribution in [0.15, 0.2) is 34.1 Å². The first-order chi connectivity index (χ1) is 13.0. The monoisotopic (exact) mass is 378 g/mol. The first-order valence-electron chi connectivity index (χ1n) is 9.00. The highest BCUT2D eigenvalue weighted by Crippen LogP contribution is 2.28. The Hall–Kier alpha value is -2.81. The fourth-order valence-electron chi connectivity index (χ4n) is 2.82. The molecule has 148 valence electrons. The molecule has 9 nitrogen and oxygen atoms in total. The van der Waals surface area contributed by atoms with Crippen LogP contribution in [0.2, 0.25) is 0 Å². The zero-order valence-electron chi connectivity index (χ0n) is 15.8. The number of likely N-dealkylation sites (N-methyl/N-ethyl adjacent to an activating group) is 2. The third kappa shape index (κ3) is 5.33. The summed E-state index contributed by atoms with van der Waals surface area (Å²) in [4.78, 5) is 38.5. The largest absolute Gasteiger partial charge is 0.467 e. The summed E-state index contributed by atoms with van der Waals surface area (Å²) in [6.45, 7) is 7.12. The zero-order chi connectivity index (χ0) is 19.8. The number of carbonyl (C=O) groups is 3. The molecule has 0 saturated heterocycles. The van der Waals surface area contributed by atoms with E-state index >= 15 is 0 Å². The van der Waals surface area contributed by atoms with Crippen molar-refractivity contribution in [2.45, 2.75) is 26.8 Å². The Kier molecular flexibility index (Phi) is 7.42. The Morgan fingerprint density at radius 1 is 1.33 bits per heavy atom. The molecule has 1 aliphatic heterocycles. The average molecular weight is 378 g/mol. The molecule has 2 heterocycles. The van der Waals surface area contributed by atoms with E-state index in [1.54, 1.807) is 19.1 Å². The van der Waals surface area contributed by atoms with Crippen LogP contribution in [-0.2, 0) is 14.3 Å². The number of furan rings is 1. The lowest BCUT2D eigenvalue weighted by Gasteiger charge is -2.30. The number of ether oxygens (including phenoxy) is 1. The van der Waals surface area contributed by atoms with E-state index in [9.17, 15) is 14.4 Å². The molecule has 0 unspecified atom stereocenters. The molecule has 27 heavy (non-hydrogen) atoms. The minimum atomic E-state index is -0.758. The second kappa shape index (κ2) is 9.77. The number of nitrogens with one attached hydrogen (secondary N) is 3. The second-order valence-electron chi connectivity index (χ2n) is 5.92. The first kappa shape index (κ1) is 20.5. The second-order valence-corrected chi connectivity index (χ2v) is 5.92. The standard InChI is InChI=1S/C18H26N4O5/c1-4-19-14(23)11-22(5-2)10-12-15(17(24)26-6-3)16(21-18(25)20-12)13-8-7-9-27-13/h7-9,16H,4-6,10-11H2,1-3H3,(H,19,23)(H2,20,21,25)/t16-/m0/s1. The Balaban J connectivity index is 2.35. The van der Waals surface area contributed by atoms with E-state index in [1.807, 2.05) is 18.7 Å². The van der Waals surface area contributed by atoms with Crippen LogP contribution in [0.25, 0.3) is 0 Å². The third-order valence-electron chi connectivity index (χ3n) is 4.05. The number of hydrogen-bond donors (Lipinski definition) is 3. The highest BCUT2D eigenvalue weighted by Gasteiger charge is 2.35. The fourth-order valence-corrected chi connectivity index (χ4v) is 2.82. The lowest BCUT2D eigenvalue weighted by Crippen LogP contribution is -2.49. The van der Waals surface area contributed by atoms with Gasteiger partial charge in [-0.05, 0) is 32.5 Å². The Labute approximate surface area is 158 Å².